The monoisotopic (exact) mass is 374 g/mol. The van der Waals surface area contributed by atoms with Gasteiger partial charge in [-0.05, 0) is 43.0 Å². The first-order valence-corrected chi connectivity index (χ1v) is 10.2. The molecule has 0 saturated heterocycles. The molecule has 1 N–H and O–H groups in total. The summed E-state index contributed by atoms with van der Waals surface area (Å²) in [5.74, 6) is 0.0449. The van der Waals surface area contributed by atoms with E-state index in [0.29, 0.717) is 17.9 Å². The molecule has 0 radical (unpaired) electrons. The highest BCUT2D eigenvalue weighted by Crippen LogP contribution is 2.32. The number of benzene rings is 2. The van der Waals surface area contributed by atoms with Crippen LogP contribution in [0.3, 0.4) is 0 Å². The fourth-order valence-electron chi connectivity index (χ4n) is 2.94. The van der Waals surface area contributed by atoms with E-state index in [9.17, 15) is 13.2 Å². The zero-order valence-electron chi connectivity index (χ0n) is 14.6. The fourth-order valence-corrected chi connectivity index (χ4v) is 4.13. The van der Waals surface area contributed by atoms with E-state index in [1.807, 2.05) is 36.4 Å². The second-order valence-corrected chi connectivity index (χ2v) is 8.29. The summed E-state index contributed by atoms with van der Waals surface area (Å²) >= 11 is 0. The average molecular weight is 374 g/mol. The summed E-state index contributed by atoms with van der Waals surface area (Å²) in [5.41, 5.74) is 3.02. The number of fused-ring (bicyclic) bond motifs is 1. The Morgan fingerprint density at radius 1 is 1.19 bits per heavy atom. The smallest absolute Gasteiger partial charge is 0.411 e. The maximum atomic E-state index is 12.3. The van der Waals surface area contributed by atoms with E-state index < -0.39 is 16.1 Å². The van der Waals surface area contributed by atoms with Crippen molar-refractivity contribution in [2.45, 2.75) is 26.4 Å². The van der Waals surface area contributed by atoms with E-state index in [-0.39, 0.29) is 12.4 Å². The van der Waals surface area contributed by atoms with Crippen LogP contribution in [0.1, 0.15) is 24.5 Å². The number of carbonyl (C=O) groups excluding carboxylic acids is 1. The van der Waals surface area contributed by atoms with Gasteiger partial charge in [-0.3, -0.25) is 9.62 Å². The summed E-state index contributed by atoms with van der Waals surface area (Å²) in [6.07, 6.45) is 1.04. The van der Waals surface area contributed by atoms with Gasteiger partial charge >= 0.3 is 6.09 Å². The van der Waals surface area contributed by atoms with Crippen LogP contribution in [0.15, 0.2) is 48.5 Å². The van der Waals surface area contributed by atoms with Crippen LogP contribution in [0, 0.1) is 0 Å². The predicted octanol–water partition coefficient (Wildman–Crippen LogP) is 3.54. The van der Waals surface area contributed by atoms with E-state index in [0.717, 1.165) is 24.0 Å². The van der Waals surface area contributed by atoms with Crippen LogP contribution in [-0.2, 0) is 27.8 Å². The SMILES string of the molecule is CCS(=O)(=O)N1CCCc2ccc(NC(=O)OCc3ccccc3)cc21. The van der Waals surface area contributed by atoms with Gasteiger partial charge in [0.1, 0.15) is 6.61 Å². The van der Waals surface area contributed by atoms with Crippen LogP contribution in [0.2, 0.25) is 0 Å². The standard InChI is InChI=1S/C19H22N2O4S/c1-2-26(23,24)21-12-6-9-16-10-11-17(13-18(16)21)20-19(22)25-14-15-7-4-3-5-8-15/h3-5,7-8,10-11,13H,2,6,9,12,14H2,1H3,(H,20,22). The second kappa shape index (κ2) is 7.78. The Hall–Kier alpha value is -2.54. The average Bonchev–Trinajstić information content (AvgIpc) is 2.66. The third-order valence-corrected chi connectivity index (χ3v) is 6.10. The highest BCUT2D eigenvalue weighted by atomic mass is 32.2. The fraction of sp³-hybridized carbons (Fsp3) is 0.316. The van der Waals surface area contributed by atoms with Gasteiger partial charge in [-0.25, -0.2) is 13.2 Å². The molecular formula is C19H22N2O4S. The lowest BCUT2D eigenvalue weighted by Gasteiger charge is -2.30. The van der Waals surface area contributed by atoms with Crippen molar-refractivity contribution in [1.29, 1.82) is 0 Å². The minimum absolute atomic E-state index is 0.0449. The van der Waals surface area contributed by atoms with Crippen molar-refractivity contribution < 1.29 is 17.9 Å². The van der Waals surface area contributed by atoms with Crippen LogP contribution in [0.5, 0.6) is 0 Å². The molecule has 3 rings (SSSR count). The Bertz CT molecular complexity index is 882. The zero-order chi connectivity index (χ0) is 18.6. The number of aryl methyl sites for hydroxylation is 1. The Labute approximate surface area is 153 Å². The highest BCUT2D eigenvalue weighted by molar-refractivity contribution is 7.92. The van der Waals surface area contributed by atoms with Crippen LogP contribution < -0.4 is 9.62 Å². The Kier molecular flexibility index (Phi) is 5.46. The number of hydrogen-bond donors (Lipinski definition) is 1. The number of carbonyl (C=O) groups is 1. The van der Waals surface area contributed by atoms with Crippen molar-refractivity contribution >= 4 is 27.5 Å². The molecule has 0 bridgehead atoms. The molecule has 1 amide bonds. The number of anilines is 2. The van der Waals surface area contributed by atoms with E-state index in [4.69, 9.17) is 4.74 Å². The first-order chi connectivity index (χ1) is 12.5. The Morgan fingerprint density at radius 2 is 1.96 bits per heavy atom. The summed E-state index contributed by atoms with van der Waals surface area (Å²) in [5, 5.41) is 2.67. The lowest BCUT2D eigenvalue weighted by molar-refractivity contribution is 0.155. The molecule has 0 atom stereocenters. The number of rotatable bonds is 5. The number of sulfonamides is 1. The second-order valence-electron chi connectivity index (χ2n) is 6.11. The largest absolute Gasteiger partial charge is 0.444 e. The third kappa shape index (κ3) is 4.16. The molecule has 7 heteroatoms. The van der Waals surface area contributed by atoms with Crippen molar-refractivity contribution in [3.63, 3.8) is 0 Å². The third-order valence-electron chi connectivity index (χ3n) is 4.32. The van der Waals surface area contributed by atoms with E-state index >= 15 is 0 Å². The molecule has 0 spiro atoms. The van der Waals surface area contributed by atoms with Crippen LogP contribution in [-0.4, -0.2) is 26.8 Å². The molecular weight excluding hydrogens is 352 g/mol. The molecule has 2 aromatic rings. The van der Waals surface area contributed by atoms with Gasteiger partial charge in [0, 0.05) is 12.2 Å². The Balaban J connectivity index is 1.71. The molecule has 26 heavy (non-hydrogen) atoms. The summed E-state index contributed by atoms with van der Waals surface area (Å²) in [6, 6.07) is 14.7. The number of nitrogens with one attached hydrogen (secondary N) is 1. The number of ether oxygens (including phenoxy) is 1. The summed E-state index contributed by atoms with van der Waals surface area (Å²) in [6.45, 7) is 2.27. The van der Waals surface area contributed by atoms with E-state index in [1.54, 1.807) is 19.1 Å². The van der Waals surface area contributed by atoms with Gasteiger partial charge in [0.25, 0.3) is 0 Å². The predicted molar refractivity (Wildman–Crippen MR) is 102 cm³/mol. The number of nitrogens with zero attached hydrogens (tertiary/aromatic N) is 1. The highest BCUT2D eigenvalue weighted by Gasteiger charge is 2.26. The van der Waals surface area contributed by atoms with Gasteiger partial charge in [-0.15, -0.1) is 0 Å². The van der Waals surface area contributed by atoms with E-state index in [1.165, 1.54) is 4.31 Å². The topological polar surface area (TPSA) is 75.7 Å². The quantitative estimate of drug-likeness (QED) is 0.869. The molecule has 1 aliphatic heterocycles. The lowest BCUT2D eigenvalue weighted by Crippen LogP contribution is -2.36. The van der Waals surface area contributed by atoms with Gasteiger partial charge in [0.05, 0.1) is 11.4 Å². The Morgan fingerprint density at radius 3 is 2.69 bits per heavy atom. The van der Waals surface area contributed by atoms with Gasteiger partial charge in [-0.1, -0.05) is 36.4 Å². The molecule has 138 valence electrons. The van der Waals surface area contributed by atoms with Gasteiger partial charge in [0.2, 0.25) is 10.0 Å². The molecule has 0 aromatic heterocycles. The number of amides is 1. The summed E-state index contributed by atoms with van der Waals surface area (Å²) in [4.78, 5) is 12.0. The molecule has 0 unspecified atom stereocenters. The zero-order valence-corrected chi connectivity index (χ0v) is 15.5. The minimum atomic E-state index is -3.34. The molecule has 1 aliphatic rings. The van der Waals surface area contributed by atoms with Crippen molar-refractivity contribution in [1.82, 2.24) is 0 Å². The van der Waals surface area contributed by atoms with Gasteiger partial charge in [-0.2, -0.15) is 0 Å². The molecule has 0 saturated carbocycles. The molecule has 0 fully saturated rings. The maximum absolute atomic E-state index is 12.3. The van der Waals surface area contributed by atoms with Crippen LogP contribution >= 0.6 is 0 Å². The van der Waals surface area contributed by atoms with Crippen molar-refractivity contribution in [3.05, 3.63) is 59.7 Å². The molecule has 1 heterocycles. The van der Waals surface area contributed by atoms with Gasteiger partial charge in [0.15, 0.2) is 0 Å². The minimum Gasteiger partial charge on any atom is -0.444 e. The number of hydrogen-bond acceptors (Lipinski definition) is 4. The van der Waals surface area contributed by atoms with Crippen molar-refractivity contribution in [3.8, 4) is 0 Å². The molecule has 6 nitrogen and oxygen atoms in total. The van der Waals surface area contributed by atoms with Crippen molar-refractivity contribution in [2.75, 3.05) is 21.9 Å². The summed E-state index contributed by atoms with van der Waals surface area (Å²) in [7, 11) is -3.34. The van der Waals surface area contributed by atoms with Gasteiger partial charge < -0.3 is 4.74 Å². The molecule has 0 aliphatic carbocycles. The maximum Gasteiger partial charge on any atom is 0.411 e. The van der Waals surface area contributed by atoms with Crippen molar-refractivity contribution in [2.24, 2.45) is 0 Å². The summed E-state index contributed by atoms with van der Waals surface area (Å²) < 4.78 is 31.3. The van der Waals surface area contributed by atoms with Crippen LogP contribution in [0.25, 0.3) is 0 Å². The lowest BCUT2D eigenvalue weighted by atomic mass is 10.0. The first kappa shape index (κ1) is 18.3. The van der Waals surface area contributed by atoms with Crippen LogP contribution in [0.4, 0.5) is 16.2 Å². The normalized spacial score (nSPS) is 13.8. The van der Waals surface area contributed by atoms with E-state index in [2.05, 4.69) is 5.32 Å². The molecule has 2 aromatic carbocycles. The first-order valence-electron chi connectivity index (χ1n) is 8.60.